The summed E-state index contributed by atoms with van der Waals surface area (Å²) in [5.74, 6) is -5.68. The molecule has 65 heavy (non-hydrogen) atoms. The molecular weight excluding hydrogens is 853 g/mol. The van der Waals surface area contributed by atoms with E-state index < -0.39 is 47.2 Å². The van der Waals surface area contributed by atoms with Crippen molar-refractivity contribution in [3.8, 4) is 0 Å². The Morgan fingerprint density at radius 1 is 0.692 bits per heavy atom. The lowest BCUT2D eigenvalue weighted by Crippen LogP contribution is -2.55. The van der Waals surface area contributed by atoms with E-state index in [4.69, 9.17) is 24.7 Å². The number of nitrogens with zero attached hydrogens (tertiary/aromatic N) is 1. The molecule has 0 aliphatic carbocycles. The van der Waals surface area contributed by atoms with Crippen molar-refractivity contribution in [3.63, 3.8) is 0 Å². The van der Waals surface area contributed by atoms with Gasteiger partial charge in [-0.2, -0.15) is 0 Å². The number of nitrogens with one attached hydrogen (secondary N) is 6. The molecule has 0 saturated heterocycles. The Labute approximate surface area is 381 Å². The van der Waals surface area contributed by atoms with E-state index >= 15 is 0 Å². The maximum atomic E-state index is 13.0. The van der Waals surface area contributed by atoms with Crippen molar-refractivity contribution in [1.29, 1.82) is 0 Å². The van der Waals surface area contributed by atoms with Crippen LogP contribution in [0.25, 0.3) is 0 Å². The molecule has 5 amide bonds. The largest absolute Gasteiger partial charge is 0.481 e. The Bertz CT molecular complexity index is 1560. The van der Waals surface area contributed by atoms with Gasteiger partial charge in [-0.15, -0.1) is 0 Å². The molecule has 0 fully saturated rings. The number of H-pyrrole nitrogens is 1. The highest BCUT2D eigenvalue weighted by molar-refractivity contribution is 5.95. The van der Waals surface area contributed by atoms with Crippen molar-refractivity contribution >= 4 is 47.3 Å². The molecule has 0 aromatic carbocycles. The van der Waals surface area contributed by atoms with Crippen LogP contribution >= 0.6 is 0 Å². The van der Waals surface area contributed by atoms with Crippen molar-refractivity contribution in [2.75, 3.05) is 72.5 Å². The molecule has 0 radical (unpaired) electrons. The first-order valence-corrected chi connectivity index (χ1v) is 22.5. The number of hydrogen-bond acceptors (Lipinski definition) is 14. The number of amides is 5. The van der Waals surface area contributed by atoms with E-state index in [1.807, 2.05) is 0 Å². The molecule has 1 aromatic heterocycles. The monoisotopic (exact) mass is 927 g/mol. The number of rotatable bonds is 41. The number of carboxylic acid groups (broad SMARTS) is 2. The van der Waals surface area contributed by atoms with E-state index in [2.05, 4.69) is 43.5 Å². The van der Waals surface area contributed by atoms with Crippen LogP contribution in [0.1, 0.15) is 110 Å². The molecule has 1 unspecified atom stereocenters. The minimum Gasteiger partial charge on any atom is -0.481 e. The zero-order valence-electron chi connectivity index (χ0n) is 38.4. The summed E-state index contributed by atoms with van der Waals surface area (Å²) in [6, 6.07) is -2.06. The number of imidazole rings is 1. The number of hydrogen-bond donors (Lipinski definition) is 9. The molecule has 1 aromatic rings. The van der Waals surface area contributed by atoms with Crippen LogP contribution in [-0.2, 0) is 63.7 Å². The molecule has 370 valence electrons. The van der Waals surface area contributed by atoms with Crippen molar-refractivity contribution < 1.29 is 67.5 Å². The zero-order chi connectivity index (χ0) is 48.3. The number of Topliss-reactive ketones (excluding diaryl/α,β-unsaturated/α-hetero) is 1. The maximum absolute atomic E-state index is 13.0. The molecule has 0 aliphatic heterocycles. The number of nitrogens with two attached hydrogens (primary N) is 1. The van der Waals surface area contributed by atoms with Crippen molar-refractivity contribution in [2.45, 2.75) is 128 Å². The minimum absolute atomic E-state index is 0.0292. The lowest BCUT2D eigenvalue weighted by Gasteiger charge is -2.27. The van der Waals surface area contributed by atoms with Crippen LogP contribution in [0, 0.1) is 5.92 Å². The first kappa shape index (κ1) is 58.0. The van der Waals surface area contributed by atoms with E-state index in [-0.39, 0.29) is 135 Å². The van der Waals surface area contributed by atoms with Gasteiger partial charge in [0.2, 0.25) is 29.5 Å². The van der Waals surface area contributed by atoms with Crippen LogP contribution < -0.4 is 32.3 Å². The molecule has 1 heterocycles. The van der Waals surface area contributed by atoms with Crippen molar-refractivity contribution in [3.05, 3.63) is 18.2 Å². The van der Waals surface area contributed by atoms with Crippen LogP contribution in [0.2, 0.25) is 0 Å². The fourth-order valence-corrected chi connectivity index (χ4v) is 6.08. The van der Waals surface area contributed by atoms with E-state index in [9.17, 15) is 48.6 Å². The second kappa shape index (κ2) is 35.3. The Morgan fingerprint density at radius 2 is 1.28 bits per heavy atom. The predicted octanol–water partition coefficient (Wildman–Crippen LogP) is 0.520. The van der Waals surface area contributed by atoms with Gasteiger partial charge in [-0.1, -0.05) is 45.4 Å². The molecule has 1 rings (SSSR count). The lowest BCUT2D eigenvalue weighted by molar-refractivity contribution is -0.145. The number of aromatic amines is 1. The SMILES string of the molecule is CCCCCCCCC(=O)NC(CCC(=O)NCCOCCOCC(=O)NCCOCCOCC(=O)NCCCC[C@H](CC(=O)C(C)(C)NC(=O)[C@@H](N)Cc1cnc[nH]1)C(=O)O)C(=O)O. The van der Waals surface area contributed by atoms with Gasteiger partial charge in [0, 0.05) is 57.2 Å². The van der Waals surface area contributed by atoms with Crippen LogP contribution in [0.15, 0.2) is 12.5 Å². The van der Waals surface area contributed by atoms with Gasteiger partial charge < -0.3 is 66.5 Å². The van der Waals surface area contributed by atoms with Gasteiger partial charge in [0.1, 0.15) is 19.3 Å². The summed E-state index contributed by atoms with van der Waals surface area (Å²) in [7, 11) is 0. The molecule has 0 spiro atoms. The third kappa shape index (κ3) is 29.9. The fourth-order valence-electron chi connectivity index (χ4n) is 6.08. The number of carbonyl (C=O) groups is 8. The summed E-state index contributed by atoms with van der Waals surface area (Å²) in [6.45, 7) is 6.49. The van der Waals surface area contributed by atoms with Gasteiger partial charge in [-0.25, -0.2) is 9.78 Å². The number of aromatic nitrogens is 2. The van der Waals surface area contributed by atoms with E-state index in [0.717, 1.165) is 32.1 Å². The number of ketones is 1. The van der Waals surface area contributed by atoms with Gasteiger partial charge in [-0.3, -0.25) is 33.6 Å². The molecular formula is C43H74N8O14. The first-order chi connectivity index (χ1) is 31.0. The Hall–Kier alpha value is -5.03. The van der Waals surface area contributed by atoms with Gasteiger partial charge in [0.15, 0.2) is 5.78 Å². The number of carbonyl (C=O) groups excluding carboxylic acids is 6. The fraction of sp³-hybridized carbons (Fsp3) is 0.744. The highest BCUT2D eigenvalue weighted by atomic mass is 16.5. The molecule has 0 saturated carbocycles. The Balaban J connectivity index is 2.03. The maximum Gasteiger partial charge on any atom is 0.326 e. The topological polar surface area (TPSA) is 329 Å². The first-order valence-electron chi connectivity index (χ1n) is 22.5. The summed E-state index contributed by atoms with van der Waals surface area (Å²) in [5, 5.41) is 32.2. The average Bonchev–Trinajstić information content (AvgIpc) is 3.77. The van der Waals surface area contributed by atoms with E-state index in [1.165, 1.54) is 20.2 Å². The number of aliphatic carboxylic acids is 2. The molecule has 3 atom stereocenters. The third-order valence-electron chi connectivity index (χ3n) is 9.95. The lowest BCUT2D eigenvalue weighted by atomic mass is 9.88. The minimum atomic E-state index is -1.33. The van der Waals surface area contributed by atoms with E-state index in [1.54, 1.807) is 6.20 Å². The van der Waals surface area contributed by atoms with E-state index in [0.29, 0.717) is 25.0 Å². The Kier molecular flexibility index (Phi) is 31.5. The highest BCUT2D eigenvalue weighted by Crippen LogP contribution is 2.19. The average molecular weight is 927 g/mol. The number of carboxylic acids is 2. The van der Waals surface area contributed by atoms with Crippen LogP contribution in [0.4, 0.5) is 0 Å². The molecule has 0 bridgehead atoms. The standard InChI is InChI=1S/C43H74N8O14/c1-4-5-6-7-8-9-13-37(54)50-34(42(60)61)14-15-36(53)47-17-19-62-21-24-65-29-39(56)48-18-20-63-22-23-64-28-38(55)46-16-11-10-12-31(41(58)59)25-35(52)43(2,3)51-40(57)33(44)26-32-27-45-30-49-32/h27,30-31,33-34H,4-26,28-29,44H2,1-3H3,(H,45,49)(H,46,55)(H,47,53)(H,48,56)(H,50,54)(H,51,57)(H,58,59)(H,60,61)/t31-,33+,34?/m1/s1. The van der Waals surface area contributed by atoms with Gasteiger partial charge in [0.05, 0.1) is 63.5 Å². The summed E-state index contributed by atoms with van der Waals surface area (Å²) < 4.78 is 21.3. The van der Waals surface area contributed by atoms with Crippen LogP contribution in [0.5, 0.6) is 0 Å². The molecule has 22 nitrogen and oxygen atoms in total. The highest BCUT2D eigenvalue weighted by Gasteiger charge is 2.34. The summed E-state index contributed by atoms with van der Waals surface area (Å²) >= 11 is 0. The summed E-state index contributed by atoms with van der Waals surface area (Å²) in [6.07, 6.45) is 10.3. The second-order valence-corrected chi connectivity index (χ2v) is 16.1. The third-order valence-corrected chi connectivity index (χ3v) is 9.95. The molecule has 10 N–H and O–H groups in total. The van der Waals surface area contributed by atoms with Crippen molar-refractivity contribution in [1.82, 2.24) is 36.6 Å². The predicted molar refractivity (Wildman–Crippen MR) is 236 cm³/mol. The normalized spacial score (nSPS) is 12.7. The number of ether oxygens (including phenoxy) is 4. The second-order valence-electron chi connectivity index (χ2n) is 16.1. The summed E-state index contributed by atoms with van der Waals surface area (Å²) in [4.78, 5) is 104. The van der Waals surface area contributed by atoms with Gasteiger partial charge in [0.25, 0.3) is 0 Å². The quantitative estimate of drug-likeness (QED) is 0.0404. The van der Waals surface area contributed by atoms with Crippen LogP contribution in [-0.4, -0.2) is 158 Å². The number of unbranched alkanes of at least 4 members (excludes halogenated alkanes) is 6. The van der Waals surface area contributed by atoms with Gasteiger partial charge >= 0.3 is 11.9 Å². The zero-order valence-corrected chi connectivity index (χ0v) is 38.4. The molecule has 0 aliphatic rings. The Morgan fingerprint density at radius 3 is 1.86 bits per heavy atom. The molecule has 22 heteroatoms. The smallest absolute Gasteiger partial charge is 0.326 e. The van der Waals surface area contributed by atoms with Crippen molar-refractivity contribution in [2.24, 2.45) is 11.7 Å². The summed E-state index contributed by atoms with van der Waals surface area (Å²) in [5.41, 5.74) is 5.29. The van der Waals surface area contributed by atoms with Gasteiger partial charge in [-0.05, 0) is 39.5 Å². The van der Waals surface area contributed by atoms with Crippen LogP contribution in [0.3, 0.4) is 0 Å².